The first-order chi connectivity index (χ1) is 10.3. The highest BCUT2D eigenvalue weighted by Crippen LogP contribution is 2.35. The van der Waals surface area contributed by atoms with Crippen molar-refractivity contribution in [1.82, 2.24) is 4.90 Å². The Hall–Kier alpha value is -0.950. The van der Waals surface area contributed by atoms with Crippen molar-refractivity contribution >= 4 is 35.1 Å². The van der Waals surface area contributed by atoms with Gasteiger partial charge in [-0.15, -0.1) is 11.3 Å². The van der Waals surface area contributed by atoms with E-state index in [9.17, 15) is 18.0 Å². The van der Waals surface area contributed by atoms with Crippen molar-refractivity contribution in [2.45, 2.75) is 31.2 Å². The highest BCUT2D eigenvalue weighted by atomic mass is 32.2. The van der Waals surface area contributed by atoms with Gasteiger partial charge in [-0.25, -0.2) is 0 Å². The van der Waals surface area contributed by atoms with Gasteiger partial charge in [0.2, 0.25) is 5.91 Å². The van der Waals surface area contributed by atoms with Crippen molar-refractivity contribution < 1.29 is 18.0 Å². The number of carbonyl (C=O) groups excluding carboxylic acids is 1. The number of piperidine rings is 1. The lowest BCUT2D eigenvalue weighted by atomic mass is 10.1. The maximum Gasteiger partial charge on any atom is 0.425 e. The third-order valence-corrected chi connectivity index (χ3v) is 5.73. The van der Waals surface area contributed by atoms with Gasteiger partial charge in [0.25, 0.3) is 0 Å². The second kappa shape index (κ2) is 7.08. The number of thioether (sulfide) groups is 1. The van der Waals surface area contributed by atoms with Crippen molar-refractivity contribution in [3.63, 3.8) is 0 Å². The van der Waals surface area contributed by atoms with Gasteiger partial charge in [-0.2, -0.15) is 24.9 Å². The summed E-state index contributed by atoms with van der Waals surface area (Å²) in [4.78, 5) is 14.0. The van der Waals surface area contributed by atoms with Crippen molar-refractivity contribution in [1.29, 1.82) is 0 Å². The smallest absolute Gasteiger partial charge is 0.338 e. The Kier molecular flexibility index (Phi) is 5.60. The molecule has 0 N–H and O–H groups in total. The lowest BCUT2D eigenvalue weighted by molar-refractivity contribution is -0.134. The molecule has 0 aromatic carbocycles. The standard InChI is InChI=1S/C15H18F3NOS2/c1-10(8-11-5-6-13(22-11)15(16,17)18)14(20)19-7-3-4-12(9-19)21-2/h5-6,8,12H,3-4,7,9H2,1-2H3. The summed E-state index contributed by atoms with van der Waals surface area (Å²) in [6.45, 7) is 3.10. The van der Waals surface area contributed by atoms with Gasteiger partial charge >= 0.3 is 6.18 Å². The number of alkyl halides is 3. The molecule has 122 valence electrons. The molecule has 1 aromatic rings. The van der Waals surface area contributed by atoms with E-state index in [-0.39, 0.29) is 5.91 Å². The van der Waals surface area contributed by atoms with Crippen LogP contribution in [0.2, 0.25) is 0 Å². The third-order valence-electron chi connectivity index (χ3n) is 3.60. The molecule has 1 atom stereocenters. The molecule has 7 heteroatoms. The Balaban J connectivity index is 2.08. The van der Waals surface area contributed by atoms with Crippen LogP contribution < -0.4 is 0 Å². The highest BCUT2D eigenvalue weighted by molar-refractivity contribution is 7.99. The minimum atomic E-state index is -4.33. The molecule has 1 aliphatic rings. The Morgan fingerprint density at radius 3 is 2.77 bits per heavy atom. The van der Waals surface area contributed by atoms with Crippen LogP contribution in [0.4, 0.5) is 13.2 Å². The van der Waals surface area contributed by atoms with Crippen LogP contribution in [0, 0.1) is 0 Å². The minimum absolute atomic E-state index is 0.0827. The number of thiophene rings is 1. The summed E-state index contributed by atoms with van der Waals surface area (Å²) >= 11 is 2.41. The minimum Gasteiger partial charge on any atom is -0.338 e. The zero-order chi connectivity index (χ0) is 16.3. The van der Waals surface area contributed by atoms with E-state index >= 15 is 0 Å². The van der Waals surface area contributed by atoms with E-state index in [1.165, 1.54) is 6.07 Å². The van der Waals surface area contributed by atoms with Crippen molar-refractivity contribution in [2.75, 3.05) is 19.3 Å². The highest BCUT2D eigenvalue weighted by Gasteiger charge is 2.32. The van der Waals surface area contributed by atoms with E-state index in [2.05, 4.69) is 0 Å². The number of hydrogen-bond donors (Lipinski definition) is 0. The van der Waals surface area contributed by atoms with Crippen molar-refractivity contribution in [3.05, 3.63) is 27.5 Å². The second-order valence-corrected chi connectivity index (χ2v) is 7.53. The van der Waals surface area contributed by atoms with Crippen LogP contribution in [-0.2, 0) is 11.0 Å². The monoisotopic (exact) mass is 349 g/mol. The van der Waals surface area contributed by atoms with Crippen LogP contribution in [0.5, 0.6) is 0 Å². The van der Waals surface area contributed by atoms with Crippen LogP contribution in [-0.4, -0.2) is 35.4 Å². The van der Waals surface area contributed by atoms with E-state index in [1.807, 2.05) is 6.26 Å². The van der Waals surface area contributed by atoms with Gasteiger partial charge in [-0.05, 0) is 44.2 Å². The van der Waals surface area contributed by atoms with E-state index in [4.69, 9.17) is 0 Å². The van der Waals surface area contributed by atoms with Crippen LogP contribution in [0.25, 0.3) is 6.08 Å². The summed E-state index contributed by atoms with van der Waals surface area (Å²) in [5.41, 5.74) is 0.484. The van der Waals surface area contributed by atoms with Gasteiger partial charge in [0.05, 0.1) is 0 Å². The zero-order valence-electron chi connectivity index (χ0n) is 12.4. The Morgan fingerprint density at radius 2 is 2.18 bits per heavy atom. The van der Waals surface area contributed by atoms with Crippen LogP contribution in [0.3, 0.4) is 0 Å². The molecule has 0 saturated carbocycles. The van der Waals surface area contributed by atoms with E-state index < -0.39 is 11.1 Å². The first-order valence-corrected chi connectivity index (χ1v) is 9.09. The molecule has 22 heavy (non-hydrogen) atoms. The quantitative estimate of drug-likeness (QED) is 0.748. The Labute approximate surface area is 136 Å². The van der Waals surface area contributed by atoms with E-state index in [0.29, 0.717) is 33.6 Å². The molecular weight excluding hydrogens is 331 g/mol. The topological polar surface area (TPSA) is 20.3 Å². The lowest BCUT2D eigenvalue weighted by Crippen LogP contribution is -2.41. The van der Waals surface area contributed by atoms with Crippen LogP contribution in [0.1, 0.15) is 29.5 Å². The molecule has 2 rings (SSSR count). The predicted octanol–water partition coefficient (Wildman–Crippen LogP) is 4.52. The predicted molar refractivity (Wildman–Crippen MR) is 86.1 cm³/mol. The summed E-state index contributed by atoms with van der Waals surface area (Å²) in [6.07, 6.45) is 1.33. The number of amides is 1. The molecule has 0 radical (unpaired) electrons. The summed E-state index contributed by atoms with van der Waals surface area (Å²) in [6, 6.07) is 2.46. The SMILES string of the molecule is CSC1CCCN(C(=O)C(C)=Cc2ccc(C(F)(F)F)s2)C1. The Morgan fingerprint density at radius 1 is 1.45 bits per heavy atom. The molecule has 1 saturated heterocycles. The molecule has 1 amide bonds. The molecule has 1 fully saturated rings. The normalized spacial score (nSPS) is 20.3. The first kappa shape index (κ1) is 17.4. The average Bonchev–Trinajstić information content (AvgIpc) is 2.95. The van der Waals surface area contributed by atoms with Gasteiger partial charge in [0, 0.05) is 28.8 Å². The second-order valence-electron chi connectivity index (χ2n) is 5.28. The molecule has 2 nitrogen and oxygen atoms in total. The molecule has 0 aliphatic carbocycles. The van der Waals surface area contributed by atoms with E-state index in [1.54, 1.807) is 29.7 Å². The fraction of sp³-hybridized carbons (Fsp3) is 0.533. The molecular formula is C15H18F3NOS2. The average molecular weight is 349 g/mol. The maximum absolute atomic E-state index is 12.6. The first-order valence-electron chi connectivity index (χ1n) is 6.98. The molecule has 0 spiro atoms. The van der Waals surface area contributed by atoms with Crippen molar-refractivity contribution in [3.8, 4) is 0 Å². The lowest BCUT2D eigenvalue weighted by Gasteiger charge is -2.32. The number of halogens is 3. The zero-order valence-corrected chi connectivity index (χ0v) is 14.1. The van der Waals surface area contributed by atoms with E-state index in [0.717, 1.165) is 25.5 Å². The summed E-state index contributed by atoms with van der Waals surface area (Å²) in [7, 11) is 0. The van der Waals surface area contributed by atoms with Gasteiger partial charge in [-0.1, -0.05) is 0 Å². The van der Waals surface area contributed by atoms with Gasteiger partial charge in [0.1, 0.15) is 4.88 Å². The fourth-order valence-corrected chi connectivity index (χ4v) is 4.03. The number of likely N-dealkylation sites (tertiary alicyclic amines) is 1. The third kappa shape index (κ3) is 4.29. The molecule has 2 heterocycles. The molecule has 0 bridgehead atoms. The van der Waals surface area contributed by atoms with Gasteiger partial charge in [-0.3, -0.25) is 4.79 Å². The van der Waals surface area contributed by atoms with Crippen LogP contribution >= 0.6 is 23.1 Å². The van der Waals surface area contributed by atoms with Crippen molar-refractivity contribution in [2.24, 2.45) is 0 Å². The molecule has 1 unspecified atom stereocenters. The number of rotatable bonds is 3. The number of nitrogens with zero attached hydrogens (tertiary/aromatic N) is 1. The summed E-state index contributed by atoms with van der Waals surface area (Å²) < 4.78 is 37.7. The maximum atomic E-state index is 12.6. The summed E-state index contributed by atoms with van der Waals surface area (Å²) in [5.74, 6) is -0.0827. The summed E-state index contributed by atoms with van der Waals surface area (Å²) in [5, 5.41) is 0.448. The fourth-order valence-electron chi connectivity index (χ4n) is 2.42. The molecule has 1 aromatic heterocycles. The Bertz CT molecular complexity index is 565. The van der Waals surface area contributed by atoms with Gasteiger partial charge < -0.3 is 4.90 Å². The van der Waals surface area contributed by atoms with Gasteiger partial charge in [0.15, 0.2) is 0 Å². The number of carbonyl (C=O) groups is 1. The van der Waals surface area contributed by atoms with Crippen LogP contribution in [0.15, 0.2) is 17.7 Å². The largest absolute Gasteiger partial charge is 0.425 e. The number of hydrogen-bond acceptors (Lipinski definition) is 3. The molecule has 1 aliphatic heterocycles.